The number of carbonyl (C=O) groups is 3. The molecule has 2 heterocycles. The average Bonchev–Trinajstić information content (AvgIpc) is 2.53. The lowest BCUT2D eigenvalue weighted by atomic mass is 9.66. The third-order valence-corrected chi connectivity index (χ3v) is 6.30. The van der Waals surface area contributed by atoms with Gasteiger partial charge in [-0.2, -0.15) is 0 Å². The Labute approximate surface area is 150 Å². The van der Waals surface area contributed by atoms with Crippen molar-refractivity contribution in [1.29, 1.82) is 0 Å². The molecule has 2 aliphatic heterocycles. The minimum atomic E-state index is -0.0156. The Bertz CT molecular complexity index is 542. The highest BCUT2D eigenvalue weighted by Gasteiger charge is 2.50. The molecule has 6 nitrogen and oxygen atoms in total. The minimum Gasteiger partial charge on any atom is -0.353 e. The van der Waals surface area contributed by atoms with Crippen molar-refractivity contribution < 1.29 is 14.4 Å². The van der Waals surface area contributed by atoms with Crippen molar-refractivity contribution in [3.8, 4) is 0 Å². The molecule has 1 saturated carbocycles. The Hall–Kier alpha value is -1.59. The molecule has 0 bridgehead atoms. The summed E-state index contributed by atoms with van der Waals surface area (Å²) >= 11 is 0. The summed E-state index contributed by atoms with van der Waals surface area (Å²) in [7, 11) is 0. The normalized spacial score (nSPS) is 32.2. The van der Waals surface area contributed by atoms with E-state index < -0.39 is 0 Å². The zero-order valence-electron chi connectivity index (χ0n) is 15.6. The van der Waals surface area contributed by atoms with Gasteiger partial charge in [0.05, 0.1) is 0 Å². The molecule has 2 saturated heterocycles. The first kappa shape index (κ1) is 18.2. The van der Waals surface area contributed by atoms with Gasteiger partial charge in [0.25, 0.3) is 0 Å². The Balaban J connectivity index is 1.50. The van der Waals surface area contributed by atoms with E-state index in [4.69, 9.17) is 0 Å². The zero-order valence-corrected chi connectivity index (χ0v) is 15.6. The van der Waals surface area contributed by atoms with Crippen molar-refractivity contribution in [2.24, 2.45) is 0 Å². The van der Waals surface area contributed by atoms with Crippen LogP contribution in [-0.2, 0) is 14.4 Å². The smallest absolute Gasteiger partial charge is 0.222 e. The van der Waals surface area contributed by atoms with Crippen LogP contribution in [0.3, 0.4) is 0 Å². The van der Waals surface area contributed by atoms with Gasteiger partial charge in [-0.1, -0.05) is 0 Å². The lowest BCUT2D eigenvalue weighted by molar-refractivity contribution is -0.145. The number of amides is 3. The molecular weight excluding hydrogens is 318 g/mol. The minimum absolute atomic E-state index is 0.0156. The Morgan fingerprint density at radius 1 is 1.00 bits per heavy atom. The van der Waals surface area contributed by atoms with Gasteiger partial charge in [-0.05, 0) is 51.4 Å². The van der Waals surface area contributed by atoms with Crippen LogP contribution in [0.25, 0.3) is 0 Å². The number of rotatable bonds is 3. The Morgan fingerprint density at radius 2 is 1.72 bits per heavy atom. The standard InChI is InChI=1S/C19H31N3O3/c1-14(23)21-9-5-3-7-17(21)11-18(25)20-16-12-19(13-16)8-4-6-10-22(19)15(2)24/h16-17H,3-13H2,1-2H3,(H,20,25). The van der Waals surface area contributed by atoms with Crippen LogP contribution in [0.5, 0.6) is 0 Å². The highest BCUT2D eigenvalue weighted by molar-refractivity contribution is 5.79. The molecule has 3 rings (SSSR count). The molecule has 140 valence electrons. The highest BCUT2D eigenvalue weighted by atomic mass is 16.2. The van der Waals surface area contributed by atoms with Crippen LogP contribution in [0, 0.1) is 0 Å². The fraction of sp³-hybridized carbons (Fsp3) is 0.842. The second-order valence-corrected chi connectivity index (χ2v) is 8.09. The summed E-state index contributed by atoms with van der Waals surface area (Å²) in [5.41, 5.74) is -0.0156. The van der Waals surface area contributed by atoms with E-state index >= 15 is 0 Å². The van der Waals surface area contributed by atoms with Gasteiger partial charge >= 0.3 is 0 Å². The van der Waals surface area contributed by atoms with Gasteiger partial charge in [0.1, 0.15) is 0 Å². The molecule has 25 heavy (non-hydrogen) atoms. The van der Waals surface area contributed by atoms with Gasteiger partial charge in [-0.3, -0.25) is 14.4 Å². The molecule has 1 N–H and O–H groups in total. The summed E-state index contributed by atoms with van der Waals surface area (Å²) in [5.74, 6) is 0.270. The van der Waals surface area contributed by atoms with Crippen molar-refractivity contribution in [3.05, 3.63) is 0 Å². The van der Waals surface area contributed by atoms with E-state index in [0.717, 1.165) is 58.0 Å². The van der Waals surface area contributed by atoms with Gasteiger partial charge in [0.15, 0.2) is 0 Å². The Morgan fingerprint density at radius 3 is 2.40 bits per heavy atom. The molecule has 3 amide bonds. The summed E-state index contributed by atoms with van der Waals surface area (Å²) in [4.78, 5) is 40.0. The van der Waals surface area contributed by atoms with Crippen molar-refractivity contribution in [3.63, 3.8) is 0 Å². The SMILES string of the molecule is CC(=O)N1CCCCC1CC(=O)NC1CC2(CCCCN2C(C)=O)C1. The molecule has 1 unspecified atom stereocenters. The third kappa shape index (κ3) is 3.82. The van der Waals surface area contributed by atoms with E-state index in [1.54, 1.807) is 13.8 Å². The van der Waals surface area contributed by atoms with Gasteiger partial charge in [-0.25, -0.2) is 0 Å². The van der Waals surface area contributed by atoms with Crippen molar-refractivity contribution in [2.45, 2.75) is 89.3 Å². The molecule has 1 aliphatic carbocycles. The maximum atomic E-state index is 12.4. The number of hydrogen-bond acceptors (Lipinski definition) is 3. The summed E-state index contributed by atoms with van der Waals surface area (Å²) in [6.07, 6.45) is 8.49. The topological polar surface area (TPSA) is 69.7 Å². The monoisotopic (exact) mass is 349 g/mol. The average molecular weight is 349 g/mol. The molecule has 1 spiro atoms. The van der Waals surface area contributed by atoms with Gasteiger partial charge in [0, 0.05) is 51.0 Å². The number of hydrogen-bond donors (Lipinski definition) is 1. The third-order valence-electron chi connectivity index (χ3n) is 6.30. The van der Waals surface area contributed by atoms with E-state index in [1.165, 1.54) is 6.42 Å². The summed E-state index contributed by atoms with van der Waals surface area (Å²) in [5, 5.41) is 3.14. The van der Waals surface area contributed by atoms with E-state index in [1.807, 2.05) is 9.80 Å². The fourth-order valence-electron chi connectivity index (χ4n) is 5.10. The van der Waals surface area contributed by atoms with Gasteiger partial charge in [-0.15, -0.1) is 0 Å². The Kier molecular flexibility index (Phi) is 5.35. The maximum absolute atomic E-state index is 12.4. The van der Waals surface area contributed by atoms with Crippen LogP contribution in [0.2, 0.25) is 0 Å². The predicted molar refractivity (Wildman–Crippen MR) is 94.8 cm³/mol. The lowest BCUT2D eigenvalue weighted by Gasteiger charge is -2.56. The first-order chi connectivity index (χ1) is 11.9. The summed E-state index contributed by atoms with van der Waals surface area (Å²) < 4.78 is 0. The van der Waals surface area contributed by atoms with Crippen molar-refractivity contribution in [2.75, 3.05) is 13.1 Å². The van der Waals surface area contributed by atoms with Crippen LogP contribution in [0.1, 0.15) is 71.6 Å². The zero-order chi connectivity index (χ0) is 18.0. The summed E-state index contributed by atoms with van der Waals surface area (Å²) in [6.45, 7) is 4.86. The molecular formula is C19H31N3O3. The lowest BCUT2D eigenvalue weighted by Crippen LogP contribution is -2.66. The molecule has 6 heteroatoms. The molecule has 3 fully saturated rings. The van der Waals surface area contributed by atoms with E-state index in [0.29, 0.717) is 6.42 Å². The first-order valence-electron chi connectivity index (χ1n) is 9.76. The van der Waals surface area contributed by atoms with Crippen molar-refractivity contribution >= 4 is 17.7 Å². The van der Waals surface area contributed by atoms with Gasteiger partial charge in [0.2, 0.25) is 17.7 Å². The highest BCUT2D eigenvalue weighted by Crippen LogP contribution is 2.44. The number of piperidine rings is 2. The van der Waals surface area contributed by atoms with Crippen LogP contribution in [0.15, 0.2) is 0 Å². The van der Waals surface area contributed by atoms with E-state index in [9.17, 15) is 14.4 Å². The molecule has 0 aromatic rings. The quantitative estimate of drug-likeness (QED) is 0.845. The maximum Gasteiger partial charge on any atom is 0.222 e. The molecule has 0 radical (unpaired) electrons. The van der Waals surface area contributed by atoms with Crippen molar-refractivity contribution in [1.82, 2.24) is 15.1 Å². The van der Waals surface area contributed by atoms with E-state index in [-0.39, 0.29) is 35.3 Å². The molecule has 1 atom stereocenters. The van der Waals surface area contributed by atoms with Crippen LogP contribution < -0.4 is 5.32 Å². The number of nitrogens with zero attached hydrogens (tertiary/aromatic N) is 2. The number of nitrogens with one attached hydrogen (secondary N) is 1. The predicted octanol–water partition coefficient (Wildman–Crippen LogP) is 1.83. The van der Waals surface area contributed by atoms with E-state index in [2.05, 4.69) is 5.32 Å². The van der Waals surface area contributed by atoms with Crippen LogP contribution >= 0.6 is 0 Å². The molecule has 0 aromatic carbocycles. The second-order valence-electron chi connectivity index (χ2n) is 8.09. The number of likely N-dealkylation sites (tertiary alicyclic amines) is 2. The largest absolute Gasteiger partial charge is 0.353 e. The van der Waals surface area contributed by atoms with Gasteiger partial charge < -0.3 is 15.1 Å². The van der Waals surface area contributed by atoms with Crippen LogP contribution in [-0.4, -0.2) is 58.2 Å². The summed E-state index contributed by atoms with van der Waals surface area (Å²) in [6, 6.07) is 0.213. The van der Waals surface area contributed by atoms with Crippen LogP contribution in [0.4, 0.5) is 0 Å². The molecule has 0 aromatic heterocycles. The second kappa shape index (κ2) is 7.34. The first-order valence-corrected chi connectivity index (χ1v) is 9.76. The molecule has 3 aliphatic rings. The fourth-order valence-corrected chi connectivity index (χ4v) is 5.10. The number of carbonyl (C=O) groups excluding carboxylic acids is 3.